The molecule has 1 aliphatic heterocycles. The summed E-state index contributed by atoms with van der Waals surface area (Å²) in [6, 6.07) is 15.2. The van der Waals surface area contributed by atoms with Crippen molar-refractivity contribution >= 4 is 11.9 Å². The fourth-order valence-electron chi connectivity index (χ4n) is 3.51. The van der Waals surface area contributed by atoms with E-state index >= 15 is 0 Å². The molecule has 6 nitrogen and oxygen atoms in total. The summed E-state index contributed by atoms with van der Waals surface area (Å²) in [6.45, 7) is 2.03. The van der Waals surface area contributed by atoms with Crippen molar-refractivity contribution in [3.63, 3.8) is 0 Å². The third kappa shape index (κ3) is 5.25. The van der Waals surface area contributed by atoms with E-state index in [0.717, 1.165) is 43.7 Å². The first kappa shape index (κ1) is 19.7. The number of benzene rings is 2. The summed E-state index contributed by atoms with van der Waals surface area (Å²) >= 11 is 0. The smallest absolute Gasteiger partial charge is 0.317 e. The predicted molar refractivity (Wildman–Crippen MR) is 108 cm³/mol. The second-order valence-corrected chi connectivity index (χ2v) is 7.20. The summed E-state index contributed by atoms with van der Waals surface area (Å²) in [7, 11) is 1.64. The van der Waals surface area contributed by atoms with Crippen molar-refractivity contribution in [3.8, 4) is 5.75 Å². The minimum absolute atomic E-state index is 0.0138. The summed E-state index contributed by atoms with van der Waals surface area (Å²) in [5.41, 5.74) is 8.06. The van der Waals surface area contributed by atoms with Gasteiger partial charge in [0, 0.05) is 25.2 Å². The molecule has 0 unspecified atom stereocenters. The zero-order valence-electron chi connectivity index (χ0n) is 16.2. The summed E-state index contributed by atoms with van der Waals surface area (Å²) in [6.07, 6.45) is 2.92. The highest BCUT2D eigenvalue weighted by atomic mass is 16.5. The SMILES string of the molecule is COc1ccc(CNC(=O)N2CCC(Cc3ccc(C(N)=O)cc3)CC2)cc1. The number of rotatable bonds is 6. The summed E-state index contributed by atoms with van der Waals surface area (Å²) in [5, 5.41) is 2.99. The van der Waals surface area contributed by atoms with Crippen LogP contribution in [0.1, 0.15) is 34.3 Å². The normalized spacial score (nSPS) is 14.5. The van der Waals surface area contributed by atoms with Gasteiger partial charge in [0.15, 0.2) is 0 Å². The molecule has 3 amide bonds. The van der Waals surface area contributed by atoms with Crippen LogP contribution in [0.25, 0.3) is 0 Å². The molecule has 3 rings (SSSR count). The number of piperidine rings is 1. The van der Waals surface area contributed by atoms with E-state index in [9.17, 15) is 9.59 Å². The highest BCUT2D eigenvalue weighted by Gasteiger charge is 2.22. The average molecular weight is 381 g/mol. The molecule has 1 heterocycles. The first-order valence-corrected chi connectivity index (χ1v) is 9.59. The molecule has 0 spiro atoms. The number of primary amides is 1. The maximum atomic E-state index is 12.4. The lowest BCUT2D eigenvalue weighted by molar-refractivity contribution is 0.1000. The molecule has 0 atom stereocenters. The average Bonchev–Trinajstić information content (AvgIpc) is 2.73. The van der Waals surface area contributed by atoms with E-state index in [1.807, 2.05) is 41.3 Å². The number of carbonyl (C=O) groups is 2. The van der Waals surface area contributed by atoms with Crippen LogP contribution >= 0.6 is 0 Å². The van der Waals surface area contributed by atoms with Gasteiger partial charge in [0.25, 0.3) is 0 Å². The van der Waals surface area contributed by atoms with Crippen LogP contribution < -0.4 is 15.8 Å². The number of nitrogens with two attached hydrogens (primary N) is 1. The maximum Gasteiger partial charge on any atom is 0.317 e. The molecule has 0 aliphatic carbocycles. The zero-order chi connectivity index (χ0) is 19.9. The van der Waals surface area contributed by atoms with Crippen molar-refractivity contribution in [2.24, 2.45) is 11.7 Å². The number of hydrogen-bond donors (Lipinski definition) is 2. The molecule has 1 saturated heterocycles. The van der Waals surface area contributed by atoms with Crippen LogP contribution in [0.3, 0.4) is 0 Å². The van der Waals surface area contributed by atoms with Crippen LogP contribution in [0.4, 0.5) is 4.79 Å². The van der Waals surface area contributed by atoms with Gasteiger partial charge in [-0.2, -0.15) is 0 Å². The molecule has 148 valence electrons. The van der Waals surface area contributed by atoms with E-state index in [-0.39, 0.29) is 6.03 Å². The van der Waals surface area contributed by atoms with Gasteiger partial charge in [-0.25, -0.2) is 4.79 Å². The van der Waals surface area contributed by atoms with E-state index < -0.39 is 5.91 Å². The number of amides is 3. The van der Waals surface area contributed by atoms with Gasteiger partial charge in [0.1, 0.15) is 5.75 Å². The Morgan fingerprint density at radius 1 is 1.04 bits per heavy atom. The monoisotopic (exact) mass is 381 g/mol. The van der Waals surface area contributed by atoms with E-state index in [1.54, 1.807) is 19.2 Å². The van der Waals surface area contributed by atoms with Crippen LogP contribution in [-0.4, -0.2) is 37.0 Å². The van der Waals surface area contributed by atoms with Gasteiger partial charge in [-0.15, -0.1) is 0 Å². The summed E-state index contributed by atoms with van der Waals surface area (Å²) < 4.78 is 5.14. The Hall–Kier alpha value is -3.02. The summed E-state index contributed by atoms with van der Waals surface area (Å²) in [4.78, 5) is 25.4. The Kier molecular flexibility index (Phi) is 6.53. The van der Waals surface area contributed by atoms with Crippen LogP contribution in [0.15, 0.2) is 48.5 Å². The standard InChI is InChI=1S/C22H27N3O3/c1-28-20-8-4-18(5-9-20)15-24-22(27)25-12-10-17(11-13-25)14-16-2-6-19(7-3-16)21(23)26/h2-9,17H,10-15H2,1H3,(H2,23,26)(H,24,27). The number of urea groups is 1. The Morgan fingerprint density at radius 2 is 1.64 bits per heavy atom. The molecule has 2 aromatic carbocycles. The van der Waals surface area contributed by atoms with Crippen LogP contribution in [0, 0.1) is 5.92 Å². The lowest BCUT2D eigenvalue weighted by Gasteiger charge is -2.32. The highest BCUT2D eigenvalue weighted by molar-refractivity contribution is 5.92. The predicted octanol–water partition coefficient (Wildman–Crippen LogP) is 2.96. The minimum atomic E-state index is -0.402. The number of nitrogens with zero attached hydrogens (tertiary/aromatic N) is 1. The van der Waals surface area contributed by atoms with Crippen molar-refractivity contribution in [1.82, 2.24) is 10.2 Å². The van der Waals surface area contributed by atoms with Crippen molar-refractivity contribution in [2.75, 3.05) is 20.2 Å². The van der Waals surface area contributed by atoms with Crippen molar-refractivity contribution < 1.29 is 14.3 Å². The van der Waals surface area contributed by atoms with E-state index in [1.165, 1.54) is 5.56 Å². The molecule has 3 N–H and O–H groups in total. The van der Waals surface area contributed by atoms with Crippen LogP contribution in [0.5, 0.6) is 5.75 Å². The topological polar surface area (TPSA) is 84.7 Å². The third-order valence-electron chi connectivity index (χ3n) is 5.27. The van der Waals surface area contributed by atoms with Gasteiger partial charge in [-0.05, 0) is 60.6 Å². The first-order chi connectivity index (χ1) is 13.5. The number of nitrogens with one attached hydrogen (secondary N) is 1. The van der Waals surface area contributed by atoms with E-state index in [2.05, 4.69) is 5.32 Å². The Labute approximate surface area is 165 Å². The third-order valence-corrected chi connectivity index (χ3v) is 5.27. The summed E-state index contributed by atoms with van der Waals surface area (Å²) in [5.74, 6) is 0.951. The second kappa shape index (κ2) is 9.26. The zero-order valence-corrected chi connectivity index (χ0v) is 16.2. The largest absolute Gasteiger partial charge is 0.497 e. The Bertz CT molecular complexity index is 795. The van der Waals surface area contributed by atoms with Gasteiger partial charge in [-0.3, -0.25) is 4.79 Å². The van der Waals surface area contributed by atoms with Crippen molar-refractivity contribution in [1.29, 1.82) is 0 Å². The number of likely N-dealkylation sites (tertiary alicyclic amines) is 1. The Balaban J connectivity index is 1.42. The Morgan fingerprint density at radius 3 is 2.21 bits per heavy atom. The van der Waals surface area contributed by atoms with Gasteiger partial charge in [-0.1, -0.05) is 24.3 Å². The lowest BCUT2D eigenvalue weighted by Crippen LogP contribution is -2.44. The molecule has 1 aliphatic rings. The molecular weight excluding hydrogens is 354 g/mol. The van der Waals surface area contributed by atoms with Gasteiger partial charge in [0.2, 0.25) is 5.91 Å². The number of hydrogen-bond acceptors (Lipinski definition) is 3. The van der Waals surface area contributed by atoms with Crippen molar-refractivity contribution in [3.05, 3.63) is 65.2 Å². The van der Waals surface area contributed by atoms with E-state index in [0.29, 0.717) is 18.0 Å². The highest BCUT2D eigenvalue weighted by Crippen LogP contribution is 2.22. The quantitative estimate of drug-likeness (QED) is 0.807. The number of methoxy groups -OCH3 is 1. The number of ether oxygens (including phenoxy) is 1. The number of carbonyl (C=O) groups excluding carboxylic acids is 2. The fourth-order valence-corrected chi connectivity index (χ4v) is 3.51. The molecule has 28 heavy (non-hydrogen) atoms. The molecule has 0 aromatic heterocycles. The van der Waals surface area contributed by atoms with Gasteiger partial charge in [0.05, 0.1) is 7.11 Å². The fraction of sp³-hybridized carbons (Fsp3) is 0.364. The van der Waals surface area contributed by atoms with Crippen LogP contribution in [0.2, 0.25) is 0 Å². The molecule has 2 aromatic rings. The molecular formula is C22H27N3O3. The maximum absolute atomic E-state index is 12.4. The second-order valence-electron chi connectivity index (χ2n) is 7.20. The molecule has 0 saturated carbocycles. The molecule has 0 bridgehead atoms. The van der Waals surface area contributed by atoms with Gasteiger partial charge >= 0.3 is 6.03 Å². The van der Waals surface area contributed by atoms with Crippen LogP contribution in [-0.2, 0) is 13.0 Å². The lowest BCUT2D eigenvalue weighted by atomic mass is 9.90. The van der Waals surface area contributed by atoms with E-state index in [4.69, 9.17) is 10.5 Å². The van der Waals surface area contributed by atoms with Gasteiger partial charge < -0.3 is 20.7 Å². The van der Waals surface area contributed by atoms with Crippen molar-refractivity contribution in [2.45, 2.75) is 25.8 Å². The molecule has 0 radical (unpaired) electrons. The minimum Gasteiger partial charge on any atom is -0.497 e. The molecule has 1 fully saturated rings. The first-order valence-electron chi connectivity index (χ1n) is 9.59. The molecule has 6 heteroatoms.